The Morgan fingerprint density at radius 1 is 1.33 bits per heavy atom. The second kappa shape index (κ2) is 4.93. The second-order valence-corrected chi connectivity index (χ2v) is 5.60. The molecular formula is C15H19ClN2. The molecule has 1 aromatic carbocycles. The molecule has 0 aliphatic heterocycles. The molecule has 1 saturated carbocycles. The molecular weight excluding hydrogens is 244 g/mol. The number of benzene rings is 1. The summed E-state index contributed by atoms with van der Waals surface area (Å²) in [7, 11) is 0. The van der Waals surface area contributed by atoms with Crippen LogP contribution in [0.15, 0.2) is 18.2 Å². The van der Waals surface area contributed by atoms with Crippen LogP contribution in [0, 0.1) is 6.92 Å². The van der Waals surface area contributed by atoms with E-state index in [0.717, 1.165) is 11.9 Å². The average Bonchev–Trinajstić information content (AvgIpc) is 2.96. The van der Waals surface area contributed by atoms with E-state index in [1.807, 2.05) is 0 Å². The van der Waals surface area contributed by atoms with E-state index in [9.17, 15) is 0 Å². The van der Waals surface area contributed by atoms with Gasteiger partial charge in [0.05, 0.1) is 11.0 Å². The van der Waals surface area contributed by atoms with E-state index in [-0.39, 0.29) is 0 Å². The number of nitrogens with zero attached hydrogens (tertiary/aromatic N) is 2. The van der Waals surface area contributed by atoms with Crippen molar-refractivity contribution in [2.24, 2.45) is 0 Å². The Morgan fingerprint density at radius 2 is 2.11 bits per heavy atom. The minimum atomic E-state index is 0.634. The number of hydrogen-bond acceptors (Lipinski definition) is 1. The molecule has 0 radical (unpaired) electrons. The maximum atomic E-state index is 5.93. The molecule has 1 fully saturated rings. The summed E-state index contributed by atoms with van der Waals surface area (Å²) in [6, 6.07) is 7.11. The van der Waals surface area contributed by atoms with Crippen molar-refractivity contribution in [3.8, 4) is 0 Å². The third-order valence-electron chi connectivity index (χ3n) is 4.00. The van der Waals surface area contributed by atoms with Crippen LogP contribution in [-0.2, 0) is 6.42 Å². The zero-order valence-electron chi connectivity index (χ0n) is 10.8. The second-order valence-electron chi connectivity index (χ2n) is 5.22. The number of fused-ring (bicyclic) bond motifs is 1. The fraction of sp³-hybridized carbons (Fsp3) is 0.533. The number of aryl methyl sites for hydroxylation is 2. The van der Waals surface area contributed by atoms with E-state index in [4.69, 9.17) is 16.6 Å². The predicted molar refractivity (Wildman–Crippen MR) is 76.4 cm³/mol. The van der Waals surface area contributed by atoms with Gasteiger partial charge in [0.2, 0.25) is 0 Å². The molecule has 0 unspecified atom stereocenters. The lowest BCUT2D eigenvalue weighted by Gasteiger charge is -2.16. The van der Waals surface area contributed by atoms with Crippen molar-refractivity contribution in [2.45, 2.75) is 45.1 Å². The third-order valence-corrected chi connectivity index (χ3v) is 4.19. The monoisotopic (exact) mass is 262 g/mol. The predicted octanol–water partition coefficient (Wildman–Crippen LogP) is 4.24. The summed E-state index contributed by atoms with van der Waals surface area (Å²) in [5, 5.41) is 0. The molecule has 3 heteroatoms. The summed E-state index contributed by atoms with van der Waals surface area (Å²) in [6.45, 7) is 2.14. The van der Waals surface area contributed by atoms with Gasteiger partial charge >= 0.3 is 0 Å². The smallest absolute Gasteiger partial charge is 0.111 e. The Labute approximate surface area is 113 Å². The molecule has 0 atom stereocenters. The number of alkyl halides is 1. The first-order chi connectivity index (χ1) is 8.81. The first-order valence-electron chi connectivity index (χ1n) is 6.83. The van der Waals surface area contributed by atoms with Crippen LogP contribution in [0.2, 0.25) is 0 Å². The van der Waals surface area contributed by atoms with Crippen molar-refractivity contribution in [3.05, 3.63) is 29.6 Å². The van der Waals surface area contributed by atoms with E-state index in [1.54, 1.807) is 0 Å². The third kappa shape index (κ3) is 1.93. The van der Waals surface area contributed by atoms with Gasteiger partial charge in [-0.2, -0.15) is 0 Å². The first kappa shape index (κ1) is 12.0. The van der Waals surface area contributed by atoms with E-state index >= 15 is 0 Å². The molecule has 0 bridgehead atoms. The highest BCUT2D eigenvalue weighted by Gasteiger charge is 2.22. The lowest BCUT2D eigenvalue weighted by atomic mass is 10.2. The number of para-hydroxylation sites is 1. The highest BCUT2D eigenvalue weighted by atomic mass is 35.5. The number of rotatable bonds is 3. The highest BCUT2D eigenvalue weighted by Crippen LogP contribution is 2.34. The quantitative estimate of drug-likeness (QED) is 0.757. The van der Waals surface area contributed by atoms with Crippen molar-refractivity contribution in [1.82, 2.24) is 9.55 Å². The summed E-state index contributed by atoms with van der Waals surface area (Å²) >= 11 is 5.93. The molecule has 0 saturated heterocycles. The van der Waals surface area contributed by atoms with Crippen LogP contribution in [0.5, 0.6) is 0 Å². The topological polar surface area (TPSA) is 17.8 Å². The van der Waals surface area contributed by atoms with Crippen molar-refractivity contribution in [3.63, 3.8) is 0 Å². The maximum Gasteiger partial charge on any atom is 0.111 e. The summed E-state index contributed by atoms with van der Waals surface area (Å²) in [5.74, 6) is 1.82. The lowest BCUT2D eigenvalue weighted by Crippen LogP contribution is -2.09. The summed E-state index contributed by atoms with van der Waals surface area (Å²) in [5.41, 5.74) is 3.71. The fourth-order valence-corrected chi connectivity index (χ4v) is 3.31. The van der Waals surface area contributed by atoms with E-state index in [2.05, 4.69) is 29.7 Å². The van der Waals surface area contributed by atoms with Crippen LogP contribution >= 0.6 is 11.6 Å². The molecule has 0 N–H and O–H groups in total. The summed E-state index contributed by atoms with van der Waals surface area (Å²) < 4.78 is 2.46. The maximum absolute atomic E-state index is 5.93. The fourth-order valence-electron chi connectivity index (χ4n) is 3.14. The van der Waals surface area contributed by atoms with Gasteiger partial charge in [0.1, 0.15) is 5.82 Å². The first-order valence-corrected chi connectivity index (χ1v) is 7.37. The van der Waals surface area contributed by atoms with Crippen LogP contribution in [0.3, 0.4) is 0 Å². The largest absolute Gasteiger partial charge is 0.325 e. The molecule has 2 aromatic rings. The molecule has 1 aliphatic rings. The summed E-state index contributed by atoms with van der Waals surface area (Å²) in [4.78, 5) is 4.83. The lowest BCUT2D eigenvalue weighted by molar-refractivity contribution is 0.513. The van der Waals surface area contributed by atoms with Crippen molar-refractivity contribution < 1.29 is 0 Å². The van der Waals surface area contributed by atoms with Gasteiger partial charge in [-0.05, 0) is 31.4 Å². The molecule has 1 aliphatic carbocycles. The Kier molecular flexibility index (Phi) is 3.29. The van der Waals surface area contributed by atoms with Gasteiger partial charge in [0.15, 0.2) is 0 Å². The molecule has 1 heterocycles. The van der Waals surface area contributed by atoms with Crippen molar-refractivity contribution in [1.29, 1.82) is 0 Å². The molecule has 18 heavy (non-hydrogen) atoms. The molecule has 96 valence electrons. The summed E-state index contributed by atoms with van der Waals surface area (Å²) in [6.07, 6.45) is 6.13. The van der Waals surface area contributed by atoms with Crippen LogP contribution in [0.25, 0.3) is 11.0 Å². The number of imidazole rings is 1. The van der Waals surface area contributed by atoms with E-state index < -0.39 is 0 Å². The van der Waals surface area contributed by atoms with Gasteiger partial charge in [0, 0.05) is 18.3 Å². The number of halogens is 1. The van der Waals surface area contributed by atoms with E-state index in [0.29, 0.717) is 11.9 Å². The Hall–Kier alpha value is -1.02. The van der Waals surface area contributed by atoms with Gasteiger partial charge in [-0.1, -0.05) is 25.0 Å². The minimum absolute atomic E-state index is 0.634. The molecule has 2 nitrogen and oxygen atoms in total. The van der Waals surface area contributed by atoms with Gasteiger partial charge < -0.3 is 4.57 Å². The molecule has 1 aromatic heterocycles. The van der Waals surface area contributed by atoms with Gasteiger partial charge in [-0.3, -0.25) is 0 Å². The van der Waals surface area contributed by atoms with Crippen molar-refractivity contribution in [2.75, 3.05) is 5.88 Å². The molecule has 0 amide bonds. The van der Waals surface area contributed by atoms with Crippen molar-refractivity contribution >= 4 is 22.6 Å². The Bertz CT molecular complexity index is 553. The average molecular weight is 263 g/mol. The number of aromatic nitrogens is 2. The number of hydrogen-bond donors (Lipinski definition) is 0. The minimum Gasteiger partial charge on any atom is -0.325 e. The highest BCUT2D eigenvalue weighted by molar-refractivity contribution is 6.17. The van der Waals surface area contributed by atoms with Gasteiger partial charge in [-0.15, -0.1) is 11.6 Å². The van der Waals surface area contributed by atoms with Gasteiger partial charge in [-0.25, -0.2) is 4.98 Å². The van der Waals surface area contributed by atoms with Gasteiger partial charge in [0.25, 0.3) is 0 Å². The molecule has 3 rings (SSSR count). The van der Waals surface area contributed by atoms with Crippen LogP contribution < -0.4 is 0 Å². The SMILES string of the molecule is Cc1cccc2c1nc(CCCl)n2C1CCCC1. The van der Waals surface area contributed by atoms with Crippen LogP contribution in [0.1, 0.15) is 43.1 Å². The molecule has 0 spiro atoms. The van der Waals surface area contributed by atoms with Crippen LogP contribution in [-0.4, -0.2) is 15.4 Å². The normalized spacial score (nSPS) is 16.8. The van der Waals surface area contributed by atoms with Crippen LogP contribution in [0.4, 0.5) is 0 Å². The van der Waals surface area contributed by atoms with E-state index in [1.165, 1.54) is 42.6 Å². The Balaban J connectivity index is 2.18. The standard InChI is InChI=1S/C15H19ClN2/c1-11-5-4-8-13-15(11)17-14(9-10-16)18(13)12-6-2-3-7-12/h4-5,8,12H,2-3,6-7,9-10H2,1H3. The zero-order valence-corrected chi connectivity index (χ0v) is 11.6. The Morgan fingerprint density at radius 3 is 2.83 bits per heavy atom. The zero-order chi connectivity index (χ0) is 12.5.